The van der Waals surface area contributed by atoms with Crippen LogP contribution in [-0.2, 0) is 6.54 Å². The van der Waals surface area contributed by atoms with Crippen LogP contribution in [0, 0.1) is 13.8 Å². The van der Waals surface area contributed by atoms with Crippen LogP contribution in [-0.4, -0.2) is 11.2 Å². The van der Waals surface area contributed by atoms with Gasteiger partial charge in [-0.1, -0.05) is 18.2 Å². The number of nitrogens with zero attached hydrogens (tertiary/aromatic N) is 1. The summed E-state index contributed by atoms with van der Waals surface area (Å²) in [6.07, 6.45) is 0.609. The van der Waals surface area contributed by atoms with E-state index >= 15 is 0 Å². The van der Waals surface area contributed by atoms with Gasteiger partial charge in [-0.25, -0.2) is 9.59 Å². The number of fused-ring (bicyclic) bond motifs is 1. The van der Waals surface area contributed by atoms with E-state index in [1.54, 1.807) is 6.07 Å². The highest BCUT2D eigenvalue weighted by Gasteiger charge is 2.13. The monoisotopic (exact) mass is 403 g/mol. The minimum atomic E-state index is -0.655. The van der Waals surface area contributed by atoms with Gasteiger partial charge in [-0.15, -0.1) is 0 Å². The Balaban J connectivity index is 1.83. The van der Waals surface area contributed by atoms with Crippen molar-refractivity contribution in [3.8, 4) is 5.75 Å². The molecule has 0 bridgehead atoms. The Morgan fingerprint density at radius 2 is 1.92 bits per heavy atom. The van der Waals surface area contributed by atoms with E-state index in [1.165, 1.54) is 4.57 Å². The van der Waals surface area contributed by atoms with Gasteiger partial charge in [-0.2, -0.15) is 0 Å². The predicted octanol–water partition coefficient (Wildman–Crippen LogP) is 3.80. The highest BCUT2D eigenvalue weighted by atomic mass is 79.9. The van der Waals surface area contributed by atoms with E-state index < -0.39 is 11.4 Å². The second-order valence-corrected chi connectivity index (χ2v) is 6.77. The third kappa shape index (κ3) is 3.69. The molecule has 3 rings (SSSR count). The number of hydrogen-bond acceptors (Lipinski definition) is 4. The number of aromatic nitrogens is 1. The van der Waals surface area contributed by atoms with Crippen LogP contribution in [0.3, 0.4) is 0 Å². The molecule has 6 heteroatoms. The third-order valence-electron chi connectivity index (χ3n) is 3.98. The fraction of sp³-hybridized carbons (Fsp3) is 0.263. The molecular formula is C19H18BrNO4. The summed E-state index contributed by atoms with van der Waals surface area (Å²) in [5.41, 5.74) is 1.92. The lowest BCUT2D eigenvalue weighted by Crippen LogP contribution is -2.26. The van der Waals surface area contributed by atoms with Gasteiger partial charge in [0.2, 0.25) is 0 Å². The maximum absolute atomic E-state index is 12.1. The van der Waals surface area contributed by atoms with Gasteiger partial charge in [-0.05, 0) is 65.5 Å². The zero-order chi connectivity index (χ0) is 18.0. The van der Waals surface area contributed by atoms with E-state index in [2.05, 4.69) is 15.9 Å². The molecule has 1 aromatic heterocycles. The second kappa shape index (κ2) is 7.27. The van der Waals surface area contributed by atoms with E-state index in [4.69, 9.17) is 9.15 Å². The fourth-order valence-electron chi connectivity index (χ4n) is 2.77. The number of hydrogen-bond donors (Lipinski definition) is 0. The lowest BCUT2D eigenvalue weighted by molar-refractivity contribution is 0.295. The molecule has 0 unspecified atom stereocenters. The second-order valence-electron chi connectivity index (χ2n) is 5.92. The van der Waals surface area contributed by atoms with Crippen LogP contribution in [0.25, 0.3) is 10.9 Å². The van der Waals surface area contributed by atoms with Crippen molar-refractivity contribution in [1.29, 1.82) is 0 Å². The smallest absolute Gasteiger partial charge is 0.422 e. The van der Waals surface area contributed by atoms with Crippen LogP contribution in [0.15, 0.2) is 54.9 Å². The molecule has 0 aliphatic heterocycles. The zero-order valence-corrected chi connectivity index (χ0v) is 15.6. The fourth-order valence-corrected chi connectivity index (χ4v) is 3.56. The van der Waals surface area contributed by atoms with E-state index in [1.807, 2.05) is 44.2 Å². The summed E-state index contributed by atoms with van der Waals surface area (Å²) in [6.45, 7) is 4.72. The number of ether oxygens (including phenoxy) is 1. The van der Waals surface area contributed by atoms with E-state index in [0.29, 0.717) is 34.9 Å². The van der Waals surface area contributed by atoms with Crippen molar-refractivity contribution in [2.75, 3.05) is 6.61 Å². The predicted molar refractivity (Wildman–Crippen MR) is 100 cm³/mol. The largest absolute Gasteiger partial charge is 0.493 e. The number of rotatable bonds is 5. The molecule has 130 valence electrons. The number of para-hydroxylation sites is 1. The Labute approximate surface area is 153 Å². The first-order chi connectivity index (χ1) is 12.0. The molecule has 0 amide bonds. The molecule has 0 atom stereocenters. The average molecular weight is 404 g/mol. The van der Waals surface area contributed by atoms with Gasteiger partial charge < -0.3 is 9.15 Å². The van der Waals surface area contributed by atoms with Gasteiger partial charge >= 0.3 is 11.4 Å². The van der Waals surface area contributed by atoms with Crippen molar-refractivity contribution in [1.82, 2.24) is 4.57 Å². The standard InChI is InChI=1S/C19H18BrNO4/c1-12-10-14-17(15(20)11-12)21(19(23)25-18(14)22)8-5-9-24-16-7-4-3-6-13(16)2/h3-4,6-7,10-11H,5,8-9H2,1-2H3. The van der Waals surface area contributed by atoms with Crippen molar-refractivity contribution >= 4 is 26.8 Å². The molecule has 0 spiro atoms. The first-order valence-electron chi connectivity index (χ1n) is 7.99. The Bertz CT molecular complexity index is 1040. The maximum Gasteiger partial charge on any atom is 0.422 e. The molecular weight excluding hydrogens is 386 g/mol. The van der Waals surface area contributed by atoms with Crippen molar-refractivity contribution in [2.45, 2.75) is 26.8 Å². The number of aryl methyl sites for hydroxylation is 3. The third-order valence-corrected chi connectivity index (χ3v) is 4.58. The minimum absolute atomic E-state index is 0.395. The Morgan fingerprint density at radius 3 is 2.68 bits per heavy atom. The molecule has 5 nitrogen and oxygen atoms in total. The summed E-state index contributed by atoms with van der Waals surface area (Å²) in [5.74, 6) is 0.175. The maximum atomic E-state index is 12.1. The molecule has 3 aromatic rings. The topological polar surface area (TPSA) is 61.4 Å². The summed E-state index contributed by atoms with van der Waals surface area (Å²) in [6, 6.07) is 11.4. The normalized spacial score (nSPS) is 11.0. The van der Waals surface area contributed by atoms with E-state index in [-0.39, 0.29) is 0 Å². The Hall–Kier alpha value is -2.34. The molecule has 0 fully saturated rings. The molecule has 0 saturated carbocycles. The highest BCUT2D eigenvalue weighted by molar-refractivity contribution is 9.10. The van der Waals surface area contributed by atoms with E-state index in [9.17, 15) is 9.59 Å². The zero-order valence-electron chi connectivity index (χ0n) is 14.0. The number of halogens is 1. The van der Waals surface area contributed by atoms with Crippen LogP contribution in [0.2, 0.25) is 0 Å². The minimum Gasteiger partial charge on any atom is -0.493 e. The first-order valence-corrected chi connectivity index (χ1v) is 8.79. The SMILES string of the molecule is Cc1cc(Br)c2c(c1)c(=O)oc(=O)n2CCCOc1ccccc1C. The van der Waals surface area contributed by atoms with Gasteiger partial charge in [0.05, 0.1) is 17.5 Å². The molecule has 0 aliphatic rings. The van der Waals surface area contributed by atoms with Crippen molar-refractivity contribution in [3.05, 3.63) is 73.0 Å². The summed E-state index contributed by atoms with van der Waals surface area (Å²) in [5, 5.41) is 0.395. The van der Waals surface area contributed by atoms with Crippen molar-refractivity contribution in [2.24, 2.45) is 0 Å². The molecule has 0 aliphatic carbocycles. The van der Waals surface area contributed by atoms with Crippen LogP contribution in [0.5, 0.6) is 5.75 Å². The molecule has 25 heavy (non-hydrogen) atoms. The molecule has 2 aromatic carbocycles. The first kappa shape index (κ1) is 17.5. The highest BCUT2D eigenvalue weighted by Crippen LogP contribution is 2.23. The van der Waals surface area contributed by atoms with Crippen LogP contribution < -0.4 is 16.1 Å². The molecule has 1 heterocycles. The van der Waals surface area contributed by atoms with Gasteiger partial charge in [0.1, 0.15) is 5.75 Å². The molecule has 0 saturated heterocycles. The Kier molecular flexibility index (Phi) is 5.08. The van der Waals surface area contributed by atoms with Gasteiger partial charge in [0, 0.05) is 11.0 Å². The summed E-state index contributed by atoms with van der Waals surface area (Å²) in [7, 11) is 0. The summed E-state index contributed by atoms with van der Waals surface area (Å²) >= 11 is 3.45. The van der Waals surface area contributed by atoms with Crippen LogP contribution in [0.4, 0.5) is 0 Å². The summed E-state index contributed by atoms with van der Waals surface area (Å²) in [4.78, 5) is 24.1. The van der Waals surface area contributed by atoms with Crippen molar-refractivity contribution in [3.63, 3.8) is 0 Å². The van der Waals surface area contributed by atoms with Crippen LogP contribution in [0.1, 0.15) is 17.5 Å². The van der Waals surface area contributed by atoms with Gasteiger partial charge in [0.25, 0.3) is 0 Å². The number of benzene rings is 2. The lowest BCUT2D eigenvalue weighted by Gasteiger charge is -2.12. The molecule has 0 radical (unpaired) electrons. The Morgan fingerprint density at radius 1 is 1.16 bits per heavy atom. The quantitative estimate of drug-likeness (QED) is 0.607. The van der Waals surface area contributed by atoms with E-state index in [0.717, 1.165) is 16.9 Å². The van der Waals surface area contributed by atoms with Crippen molar-refractivity contribution < 1.29 is 9.15 Å². The molecule has 0 N–H and O–H groups in total. The van der Waals surface area contributed by atoms with Gasteiger partial charge in [0.15, 0.2) is 0 Å². The summed E-state index contributed by atoms with van der Waals surface area (Å²) < 4.78 is 12.8. The van der Waals surface area contributed by atoms with Gasteiger partial charge in [-0.3, -0.25) is 4.57 Å². The average Bonchev–Trinajstić information content (AvgIpc) is 2.56. The van der Waals surface area contributed by atoms with Crippen LogP contribution >= 0.6 is 15.9 Å². The lowest BCUT2D eigenvalue weighted by atomic mass is 10.2.